The molecule has 0 saturated carbocycles. The summed E-state index contributed by atoms with van der Waals surface area (Å²) in [7, 11) is -2.08. The van der Waals surface area contributed by atoms with Crippen molar-refractivity contribution in [1.82, 2.24) is 0 Å². The Labute approximate surface area is 108 Å². The number of rotatable bonds is 5. The number of carboxylic acids is 1. The van der Waals surface area contributed by atoms with Crippen LogP contribution >= 0.6 is 8.25 Å². The third kappa shape index (κ3) is 10.7. The molecule has 1 rings (SSSR count). The zero-order valence-corrected chi connectivity index (χ0v) is 11.5. The van der Waals surface area contributed by atoms with Crippen molar-refractivity contribution in [3.8, 4) is 0 Å². The Morgan fingerprint density at radius 3 is 2.28 bits per heavy atom. The summed E-state index contributed by atoms with van der Waals surface area (Å²) in [6.07, 6.45) is 4.10. The second-order valence-electron chi connectivity index (χ2n) is 3.88. The Hall–Kier alpha value is -0.460. The summed E-state index contributed by atoms with van der Waals surface area (Å²) >= 11 is 0. The average molecular weight is 282 g/mol. The number of carbonyl (C=O) groups is 1. The Balaban J connectivity index is 0.000000327. The Bertz CT molecular complexity index is 242. The second kappa shape index (κ2) is 11.6. The lowest BCUT2D eigenvalue weighted by molar-refractivity contribution is -0.138. The van der Waals surface area contributed by atoms with Crippen molar-refractivity contribution in [2.24, 2.45) is 11.5 Å². The first kappa shape index (κ1) is 17.5. The highest BCUT2D eigenvalue weighted by molar-refractivity contribution is 7.33. The molecule has 5 N–H and O–H groups in total. The first-order valence-electron chi connectivity index (χ1n) is 6.06. The predicted molar refractivity (Wildman–Crippen MR) is 68.7 cm³/mol. The molecule has 7 nitrogen and oxygen atoms in total. The zero-order chi connectivity index (χ0) is 13.8. The van der Waals surface area contributed by atoms with Gasteiger partial charge in [0.1, 0.15) is 6.04 Å². The second-order valence-corrected chi connectivity index (χ2v) is 4.96. The van der Waals surface area contributed by atoms with Gasteiger partial charge in [-0.1, -0.05) is 6.42 Å². The molecule has 0 aliphatic carbocycles. The molecule has 18 heavy (non-hydrogen) atoms. The summed E-state index contributed by atoms with van der Waals surface area (Å²) in [5.74, 6) is -0.933. The van der Waals surface area contributed by atoms with E-state index in [0.29, 0.717) is 26.2 Å². The molecule has 0 unspecified atom stereocenters. The third-order valence-corrected chi connectivity index (χ3v) is 3.14. The molecule has 108 valence electrons. The Kier molecular flexibility index (Phi) is 11.3. The Morgan fingerprint density at radius 1 is 1.28 bits per heavy atom. The molecule has 1 fully saturated rings. The van der Waals surface area contributed by atoms with Crippen LogP contribution in [0.4, 0.5) is 0 Å². The van der Waals surface area contributed by atoms with E-state index in [2.05, 4.69) is 0 Å². The van der Waals surface area contributed by atoms with Gasteiger partial charge in [0.25, 0.3) is 0 Å². The lowest BCUT2D eigenvalue weighted by atomic mass is 10.1. The van der Waals surface area contributed by atoms with E-state index in [0.717, 1.165) is 25.7 Å². The molecule has 0 radical (unpaired) electrons. The summed E-state index contributed by atoms with van der Waals surface area (Å²) in [6, 6.07) is -0.716. The van der Waals surface area contributed by atoms with E-state index < -0.39 is 20.3 Å². The summed E-state index contributed by atoms with van der Waals surface area (Å²) in [5, 5.41) is 8.33. The van der Waals surface area contributed by atoms with E-state index in [-0.39, 0.29) is 0 Å². The van der Waals surface area contributed by atoms with Gasteiger partial charge in [0.15, 0.2) is 0 Å². The normalized spacial score (nSPS) is 18.3. The maximum absolute atomic E-state index is 10.4. The first-order chi connectivity index (χ1) is 8.57. The lowest BCUT2D eigenvalue weighted by Crippen LogP contribution is -2.29. The summed E-state index contributed by atoms with van der Waals surface area (Å²) in [4.78, 5) is 10.1. The van der Waals surface area contributed by atoms with Gasteiger partial charge in [0.05, 0.1) is 13.2 Å². The van der Waals surface area contributed by atoms with E-state index >= 15 is 0 Å². The minimum atomic E-state index is -2.08. The number of hydrogen-bond donors (Lipinski definition) is 3. The molecule has 0 aromatic heterocycles. The van der Waals surface area contributed by atoms with Crippen molar-refractivity contribution in [2.75, 3.05) is 19.8 Å². The molecule has 1 atom stereocenters. The highest BCUT2D eigenvalue weighted by Gasteiger charge is 2.09. The standard InChI is InChI=1S/C6H14N2O2.C4H9O3P/c7-4-2-1-3-5(8)6(9)10;5-8-6-3-1-2-4-7-8/h5H,1-4,7-8H2,(H,9,10);8H,1-4H2/t5-;/m0./s1. The SMILES string of the molecule is NCCCC[C@H](N)C(=O)O.O=[PH]1OCCCCO1. The summed E-state index contributed by atoms with van der Waals surface area (Å²) < 4.78 is 19.9. The van der Waals surface area contributed by atoms with Crippen molar-refractivity contribution in [3.05, 3.63) is 0 Å². The van der Waals surface area contributed by atoms with Crippen LogP contribution in [0.5, 0.6) is 0 Å². The molecule has 8 heteroatoms. The molecule has 0 aromatic carbocycles. The van der Waals surface area contributed by atoms with Crippen molar-refractivity contribution in [1.29, 1.82) is 0 Å². The molecule has 1 aliphatic rings. The topological polar surface area (TPSA) is 125 Å². The number of hydrogen-bond acceptors (Lipinski definition) is 6. The summed E-state index contributed by atoms with van der Waals surface area (Å²) in [5.41, 5.74) is 10.4. The molecular formula is C10H23N2O5P. The van der Waals surface area contributed by atoms with Crippen molar-refractivity contribution >= 4 is 14.2 Å². The minimum absolute atomic E-state index is 0.520. The van der Waals surface area contributed by atoms with E-state index in [9.17, 15) is 9.36 Å². The first-order valence-corrected chi connectivity index (χ1v) is 7.28. The fourth-order valence-electron chi connectivity index (χ4n) is 1.19. The van der Waals surface area contributed by atoms with Crippen LogP contribution in [-0.2, 0) is 18.4 Å². The average Bonchev–Trinajstić information content (AvgIpc) is 2.58. The number of nitrogens with two attached hydrogens (primary N) is 2. The number of aliphatic carboxylic acids is 1. The Morgan fingerprint density at radius 2 is 1.83 bits per heavy atom. The van der Waals surface area contributed by atoms with Gasteiger partial charge < -0.3 is 25.6 Å². The number of unbranched alkanes of at least 4 members (excludes halogenated alkanes) is 1. The zero-order valence-electron chi connectivity index (χ0n) is 10.5. The van der Waals surface area contributed by atoms with Gasteiger partial charge in [-0.15, -0.1) is 0 Å². The van der Waals surface area contributed by atoms with Crippen LogP contribution in [0.25, 0.3) is 0 Å². The molecule has 1 saturated heterocycles. The largest absolute Gasteiger partial charge is 0.480 e. The van der Waals surface area contributed by atoms with Gasteiger partial charge in [-0.2, -0.15) is 0 Å². The van der Waals surface area contributed by atoms with Crippen LogP contribution < -0.4 is 11.5 Å². The highest BCUT2D eigenvalue weighted by atomic mass is 31.1. The van der Waals surface area contributed by atoms with E-state index in [1.54, 1.807) is 0 Å². The van der Waals surface area contributed by atoms with Gasteiger partial charge in [-0.05, 0) is 32.2 Å². The molecule has 1 aliphatic heterocycles. The van der Waals surface area contributed by atoms with Crippen LogP contribution in [-0.4, -0.2) is 36.9 Å². The van der Waals surface area contributed by atoms with Crippen LogP contribution in [0, 0.1) is 0 Å². The molecule has 0 aromatic rings. The molecule has 0 spiro atoms. The molecule has 1 heterocycles. The molecular weight excluding hydrogens is 259 g/mol. The van der Waals surface area contributed by atoms with Crippen molar-refractivity contribution in [3.63, 3.8) is 0 Å². The number of carboxylic acid groups (broad SMARTS) is 1. The monoisotopic (exact) mass is 282 g/mol. The lowest BCUT2D eigenvalue weighted by Gasteiger charge is -2.03. The van der Waals surface area contributed by atoms with Crippen LogP contribution in [0.2, 0.25) is 0 Å². The van der Waals surface area contributed by atoms with Gasteiger partial charge in [-0.3, -0.25) is 9.36 Å². The summed E-state index contributed by atoms with van der Waals surface area (Å²) in [6.45, 7) is 1.79. The molecule has 0 bridgehead atoms. The van der Waals surface area contributed by atoms with Gasteiger partial charge in [0.2, 0.25) is 0 Å². The van der Waals surface area contributed by atoms with E-state index in [4.69, 9.17) is 25.6 Å². The van der Waals surface area contributed by atoms with Crippen LogP contribution in [0.15, 0.2) is 0 Å². The molecule has 0 amide bonds. The van der Waals surface area contributed by atoms with Crippen LogP contribution in [0.1, 0.15) is 32.1 Å². The maximum Gasteiger partial charge on any atom is 0.320 e. The quantitative estimate of drug-likeness (QED) is 0.501. The predicted octanol–water partition coefficient (Wildman–Crippen LogP) is 0.730. The van der Waals surface area contributed by atoms with Crippen molar-refractivity contribution < 1.29 is 23.5 Å². The fourth-order valence-corrected chi connectivity index (χ4v) is 1.89. The van der Waals surface area contributed by atoms with E-state index in [1.807, 2.05) is 0 Å². The third-order valence-electron chi connectivity index (χ3n) is 2.26. The van der Waals surface area contributed by atoms with Gasteiger partial charge in [-0.25, -0.2) is 0 Å². The van der Waals surface area contributed by atoms with Gasteiger partial charge >= 0.3 is 14.2 Å². The van der Waals surface area contributed by atoms with E-state index in [1.165, 1.54) is 0 Å². The smallest absolute Gasteiger partial charge is 0.320 e. The van der Waals surface area contributed by atoms with Crippen LogP contribution in [0.3, 0.4) is 0 Å². The van der Waals surface area contributed by atoms with Gasteiger partial charge in [0, 0.05) is 0 Å². The minimum Gasteiger partial charge on any atom is -0.480 e. The van der Waals surface area contributed by atoms with Crippen molar-refractivity contribution in [2.45, 2.75) is 38.1 Å². The maximum atomic E-state index is 10.4. The highest BCUT2D eigenvalue weighted by Crippen LogP contribution is 2.26. The fraction of sp³-hybridized carbons (Fsp3) is 0.900.